The zero-order chi connectivity index (χ0) is 18.4. The number of carbonyl (C=O) groups excluding carboxylic acids is 1. The molecule has 0 spiro atoms. The largest absolute Gasteiger partial charge is 0.512 e. The van der Waals surface area contributed by atoms with Crippen LogP contribution in [0.15, 0.2) is 60.5 Å². The van der Waals surface area contributed by atoms with Gasteiger partial charge in [-0.15, -0.1) is 23.8 Å². The van der Waals surface area contributed by atoms with Crippen molar-refractivity contribution in [2.24, 2.45) is 0 Å². The fourth-order valence-corrected chi connectivity index (χ4v) is 2.35. The van der Waals surface area contributed by atoms with Gasteiger partial charge in [-0.25, -0.2) is 0 Å². The van der Waals surface area contributed by atoms with Gasteiger partial charge >= 0.3 is 0 Å². The fourth-order valence-electron chi connectivity index (χ4n) is 2.35. The second-order valence-corrected chi connectivity index (χ2v) is 5.65. The maximum absolute atomic E-state index is 13.3. The molecule has 1 aromatic heterocycles. The molecule has 26 heavy (non-hydrogen) atoms. The van der Waals surface area contributed by atoms with Crippen molar-refractivity contribution in [3.8, 4) is 11.1 Å². The Balaban J connectivity index is 0.000000366. The van der Waals surface area contributed by atoms with Crippen molar-refractivity contribution in [1.29, 1.82) is 0 Å². The quantitative estimate of drug-likeness (QED) is 0.283. The van der Waals surface area contributed by atoms with Gasteiger partial charge in [0.2, 0.25) is 0 Å². The Morgan fingerprint density at radius 1 is 1.23 bits per heavy atom. The van der Waals surface area contributed by atoms with Crippen molar-refractivity contribution in [3.05, 3.63) is 77.9 Å². The van der Waals surface area contributed by atoms with Crippen molar-refractivity contribution >= 4 is 16.7 Å². The van der Waals surface area contributed by atoms with E-state index in [1.807, 2.05) is 30.3 Å². The molecule has 3 aromatic rings. The van der Waals surface area contributed by atoms with E-state index in [4.69, 9.17) is 5.11 Å². The van der Waals surface area contributed by atoms with E-state index in [0.717, 1.165) is 22.0 Å². The molecule has 0 aliphatic heterocycles. The maximum Gasteiger partial charge on any atom is 0.155 e. The third kappa shape index (κ3) is 5.87. The van der Waals surface area contributed by atoms with Crippen LogP contribution in [0.5, 0.6) is 0 Å². The van der Waals surface area contributed by atoms with Crippen molar-refractivity contribution in [2.75, 3.05) is 0 Å². The predicted octanol–water partition coefficient (Wildman–Crippen LogP) is 5.18. The van der Waals surface area contributed by atoms with Gasteiger partial charge in [-0.2, -0.15) is 0 Å². The fraction of sp³-hybridized carbons (Fsp3) is 0.143. The Bertz CT molecular complexity index is 929. The molecule has 0 saturated carbocycles. The number of fused-ring (bicyclic) bond motifs is 1. The van der Waals surface area contributed by atoms with Crippen molar-refractivity contribution < 1.29 is 34.4 Å². The first-order chi connectivity index (χ1) is 11.9. The van der Waals surface area contributed by atoms with Crippen LogP contribution in [-0.2, 0) is 24.9 Å². The summed E-state index contributed by atoms with van der Waals surface area (Å²) in [6.45, 7) is 4.60. The van der Waals surface area contributed by atoms with E-state index in [2.05, 4.69) is 11.1 Å². The number of hydrogen-bond donors (Lipinski definition) is 1. The summed E-state index contributed by atoms with van der Waals surface area (Å²) in [5, 5.41) is 9.44. The molecule has 137 valence electrons. The molecule has 0 unspecified atom stereocenters. The molecule has 1 N–H and O–H groups in total. The number of ketones is 1. The summed E-state index contributed by atoms with van der Waals surface area (Å²) in [4.78, 5) is 14.4. The molecule has 0 bridgehead atoms. The van der Waals surface area contributed by atoms with Gasteiger partial charge in [-0.05, 0) is 25.3 Å². The predicted molar refractivity (Wildman–Crippen MR) is 97.8 cm³/mol. The average molecular weight is 529 g/mol. The number of aliphatic hydroxyl groups is 1. The first kappa shape index (κ1) is 21.7. The third-order valence-electron chi connectivity index (χ3n) is 3.43. The monoisotopic (exact) mass is 529 g/mol. The smallest absolute Gasteiger partial charge is 0.155 e. The van der Waals surface area contributed by atoms with Crippen molar-refractivity contribution in [3.63, 3.8) is 0 Å². The van der Waals surface area contributed by atoms with Crippen LogP contribution in [0.2, 0.25) is 0 Å². The van der Waals surface area contributed by atoms with Crippen LogP contribution in [0.1, 0.15) is 19.4 Å². The Kier molecular flexibility index (Phi) is 8.30. The number of rotatable bonds is 2. The SMILES string of the molecule is CC(=O)/C=C(/C)O.Cc1cc(-c2cccc3cccnc23)[c-]cc1F.[Ir]. The van der Waals surface area contributed by atoms with E-state index >= 15 is 0 Å². The molecule has 0 aliphatic carbocycles. The topological polar surface area (TPSA) is 50.2 Å². The summed E-state index contributed by atoms with van der Waals surface area (Å²) in [6.07, 6.45) is 2.93. The van der Waals surface area contributed by atoms with Gasteiger partial charge in [0.15, 0.2) is 5.78 Å². The first-order valence-corrected chi connectivity index (χ1v) is 7.78. The molecule has 3 rings (SSSR count). The molecular weight excluding hydrogens is 509 g/mol. The number of benzene rings is 2. The standard InChI is InChI=1S/C16H11FN.C5H8O2.Ir/c1-11-10-13(7-8-15(11)17)14-6-2-4-12-5-3-9-18-16(12)14;1-4(6)3-5(2)7;/h2-6,8-10H,1H3;3,6H,1-2H3;/q-1;;/b;4-3-;. The minimum atomic E-state index is -0.230. The third-order valence-corrected chi connectivity index (χ3v) is 3.43. The Labute approximate surface area is 165 Å². The van der Waals surface area contributed by atoms with Gasteiger partial charge in [-0.3, -0.25) is 14.2 Å². The summed E-state index contributed by atoms with van der Waals surface area (Å²) in [5.41, 5.74) is 3.40. The van der Waals surface area contributed by atoms with E-state index in [1.165, 1.54) is 26.0 Å². The number of aromatic nitrogens is 1. The Morgan fingerprint density at radius 3 is 2.50 bits per heavy atom. The number of aliphatic hydroxyl groups excluding tert-OH is 1. The van der Waals surface area contributed by atoms with Crippen LogP contribution in [0, 0.1) is 18.8 Å². The molecule has 0 amide bonds. The molecule has 0 fully saturated rings. The number of allylic oxidation sites excluding steroid dienone is 2. The molecular formula is C21H19FIrNO2-. The van der Waals surface area contributed by atoms with E-state index in [9.17, 15) is 9.18 Å². The van der Waals surface area contributed by atoms with Gasteiger partial charge in [0.1, 0.15) is 0 Å². The molecule has 1 radical (unpaired) electrons. The second kappa shape index (κ2) is 9.95. The number of nitrogens with zero attached hydrogens (tertiary/aromatic N) is 1. The van der Waals surface area contributed by atoms with Crippen LogP contribution in [0.3, 0.4) is 0 Å². The van der Waals surface area contributed by atoms with Crippen LogP contribution >= 0.6 is 0 Å². The summed E-state index contributed by atoms with van der Waals surface area (Å²) >= 11 is 0. The van der Waals surface area contributed by atoms with Crippen LogP contribution in [0.25, 0.3) is 22.0 Å². The normalized spacial score (nSPS) is 10.5. The number of para-hydroxylation sites is 1. The minimum absolute atomic E-state index is 0. The minimum Gasteiger partial charge on any atom is -0.512 e. The Hall–Kier alpha value is -2.36. The summed E-state index contributed by atoms with van der Waals surface area (Å²) in [7, 11) is 0. The van der Waals surface area contributed by atoms with Crippen molar-refractivity contribution in [2.45, 2.75) is 20.8 Å². The summed E-state index contributed by atoms with van der Waals surface area (Å²) < 4.78 is 13.3. The average Bonchev–Trinajstić information content (AvgIpc) is 2.56. The summed E-state index contributed by atoms with van der Waals surface area (Å²) in [5.74, 6) is -0.292. The van der Waals surface area contributed by atoms with Gasteiger partial charge in [0, 0.05) is 43.7 Å². The maximum atomic E-state index is 13.3. The number of pyridine rings is 1. The number of aryl methyl sites for hydroxylation is 1. The van der Waals surface area contributed by atoms with Crippen LogP contribution in [-0.4, -0.2) is 15.9 Å². The van der Waals surface area contributed by atoms with E-state index in [1.54, 1.807) is 19.2 Å². The number of hydrogen-bond acceptors (Lipinski definition) is 3. The second-order valence-electron chi connectivity index (χ2n) is 5.65. The molecule has 1 heterocycles. The first-order valence-electron chi connectivity index (χ1n) is 7.78. The van der Waals surface area contributed by atoms with E-state index < -0.39 is 0 Å². The molecule has 5 heteroatoms. The van der Waals surface area contributed by atoms with Gasteiger partial charge in [-0.1, -0.05) is 42.3 Å². The van der Waals surface area contributed by atoms with Crippen LogP contribution < -0.4 is 0 Å². The van der Waals surface area contributed by atoms with Crippen molar-refractivity contribution in [1.82, 2.24) is 4.98 Å². The zero-order valence-electron chi connectivity index (χ0n) is 14.7. The van der Waals surface area contributed by atoms with Crippen LogP contribution in [0.4, 0.5) is 4.39 Å². The molecule has 0 atom stereocenters. The number of carbonyl (C=O) groups is 1. The van der Waals surface area contributed by atoms with E-state index in [-0.39, 0.29) is 37.5 Å². The zero-order valence-corrected chi connectivity index (χ0v) is 17.1. The number of halogens is 1. The van der Waals surface area contributed by atoms with Gasteiger partial charge in [0.25, 0.3) is 0 Å². The van der Waals surface area contributed by atoms with Gasteiger partial charge in [0.05, 0.1) is 5.76 Å². The Morgan fingerprint density at radius 2 is 1.92 bits per heavy atom. The molecule has 0 saturated heterocycles. The molecule has 3 nitrogen and oxygen atoms in total. The molecule has 2 aromatic carbocycles. The molecule has 0 aliphatic rings. The summed E-state index contributed by atoms with van der Waals surface area (Å²) in [6, 6.07) is 16.1. The van der Waals surface area contributed by atoms with E-state index in [0.29, 0.717) is 5.56 Å². The van der Waals surface area contributed by atoms with Gasteiger partial charge < -0.3 is 5.11 Å².